The molecule has 130 valence electrons. The Balaban J connectivity index is 2.08. The van der Waals surface area contributed by atoms with Gasteiger partial charge in [0, 0.05) is 12.1 Å². The molecule has 1 aliphatic heterocycles. The molecule has 5 heteroatoms. The third kappa shape index (κ3) is 3.60. The van der Waals surface area contributed by atoms with Crippen molar-refractivity contribution in [2.75, 3.05) is 6.54 Å². The molecule has 1 heterocycles. The fourth-order valence-electron chi connectivity index (χ4n) is 3.05. The van der Waals surface area contributed by atoms with Gasteiger partial charge in [0.05, 0.1) is 0 Å². The third-order valence-corrected chi connectivity index (χ3v) is 4.44. The van der Waals surface area contributed by atoms with Gasteiger partial charge in [-0.3, -0.25) is 4.79 Å². The molecule has 0 spiro atoms. The van der Waals surface area contributed by atoms with E-state index in [1.165, 1.54) is 18.2 Å². The Morgan fingerprint density at radius 2 is 1.88 bits per heavy atom. The van der Waals surface area contributed by atoms with Crippen molar-refractivity contribution in [2.24, 2.45) is 5.92 Å². The minimum atomic E-state index is -0.985. The van der Waals surface area contributed by atoms with Crippen LogP contribution in [0.15, 0.2) is 35.9 Å². The van der Waals surface area contributed by atoms with Gasteiger partial charge in [0.1, 0.15) is 5.82 Å². The van der Waals surface area contributed by atoms with Gasteiger partial charge in [0.25, 0.3) is 0 Å². The first kappa shape index (κ1) is 17.3. The highest BCUT2D eigenvalue weighted by molar-refractivity contribution is 5.99. The summed E-state index contributed by atoms with van der Waals surface area (Å²) < 4.78 is 40.8. The van der Waals surface area contributed by atoms with Crippen molar-refractivity contribution in [3.05, 3.63) is 64.5 Å². The second-order valence-corrected chi connectivity index (χ2v) is 6.49. The SMILES string of the molecule is Cc1c(/C=C2\C[C@H](C)CNC2=O)cc(F)cc1-c1ccc(F)c(F)c1. The van der Waals surface area contributed by atoms with Crippen molar-refractivity contribution in [1.29, 1.82) is 0 Å². The summed E-state index contributed by atoms with van der Waals surface area (Å²) in [6, 6.07) is 6.10. The van der Waals surface area contributed by atoms with Crippen molar-refractivity contribution in [2.45, 2.75) is 20.3 Å². The molecule has 25 heavy (non-hydrogen) atoms. The largest absolute Gasteiger partial charge is 0.352 e. The number of hydrogen-bond donors (Lipinski definition) is 1. The number of amides is 1. The maximum Gasteiger partial charge on any atom is 0.247 e. The van der Waals surface area contributed by atoms with E-state index >= 15 is 0 Å². The van der Waals surface area contributed by atoms with Crippen LogP contribution in [-0.4, -0.2) is 12.5 Å². The molecule has 1 aliphatic rings. The van der Waals surface area contributed by atoms with Crippen LogP contribution in [-0.2, 0) is 4.79 Å². The molecular weight excluding hydrogens is 327 g/mol. The summed E-state index contributed by atoms with van der Waals surface area (Å²) in [5.74, 6) is -2.28. The summed E-state index contributed by atoms with van der Waals surface area (Å²) in [6.45, 7) is 4.42. The Morgan fingerprint density at radius 3 is 2.60 bits per heavy atom. The molecule has 0 unspecified atom stereocenters. The summed E-state index contributed by atoms with van der Waals surface area (Å²) in [4.78, 5) is 12.0. The highest BCUT2D eigenvalue weighted by Gasteiger charge is 2.20. The van der Waals surface area contributed by atoms with E-state index in [2.05, 4.69) is 5.32 Å². The number of carbonyl (C=O) groups is 1. The summed E-state index contributed by atoms with van der Waals surface area (Å²) in [6.07, 6.45) is 2.29. The molecule has 1 amide bonds. The van der Waals surface area contributed by atoms with E-state index in [1.54, 1.807) is 13.0 Å². The molecule has 2 nitrogen and oxygen atoms in total. The molecule has 0 saturated carbocycles. The van der Waals surface area contributed by atoms with Crippen LogP contribution in [0.25, 0.3) is 17.2 Å². The summed E-state index contributed by atoms with van der Waals surface area (Å²) >= 11 is 0. The van der Waals surface area contributed by atoms with Gasteiger partial charge in [-0.05, 0) is 71.9 Å². The van der Waals surface area contributed by atoms with Crippen LogP contribution in [0, 0.1) is 30.3 Å². The maximum atomic E-state index is 14.1. The van der Waals surface area contributed by atoms with E-state index in [9.17, 15) is 18.0 Å². The number of piperidine rings is 1. The Kier molecular flexibility index (Phi) is 4.66. The van der Waals surface area contributed by atoms with E-state index in [0.717, 1.165) is 12.1 Å². The van der Waals surface area contributed by atoms with Crippen molar-refractivity contribution < 1.29 is 18.0 Å². The summed E-state index contributed by atoms with van der Waals surface area (Å²) in [7, 11) is 0. The van der Waals surface area contributed by atoms with Crippen LogP contribution in [0.3, 0.4) is 0 Å². The number of carbonyl (C=O) groups excluding carboxylic acids is 1. The standard InChI is InChI=1S/C20H18F3NO/c1-11-5-15(20(25)24-10-11)6-14-7-16(21)9-17(12(14)2)13-3-4-18(22)19(23)8-13/h3-4,6-9,11H,5,10H2,1-2H3,(H,24,25)/b15-6+/t11-/m0/s1. The Bertz CT molecular complexity index is 873. The molecule has 1 N–H and O–H groups in total. The number of halogens is 3. The van der Waals surface area contributed by atoms with E-state index < -0.39 is 17.5 Å². The highest BCUT2D eigenvalue weighted by atomic mass is 19.2. The van der Waals surface area contributed by atoms with Gasteiger partial charge >= 0.3 is 0 Å². The van der Waals surface area contributed by atoms with Crippen LogP contribution in [0.5, 0.6) is 0 Å². The summed E-state index contributed by atoms with van der Waals surface area (Å²) in [5.41, 5.74) is 2.70. The zero-order valence-corrected chi connectivity index (χ0v) is 14.0. The van der Waals surface area contributed by atoms with Crippen LogP contribution in [0.2, 0.25) is 0 Å². The fraction of sp³-hybridized carbons (Fsp3) is 0.250. The molecule has 2 aromatic rings. The van der Waals surface area contributed by atoms with Gasteiger partial charge in [-0.15, -0.1) is 0 Å². The van der Waals surface area contributed by atoms with Gasteiger partial charge in [0.15, 0.2) is 11.6 Å². The first-order valence-corrected chi connectivity index (χ1v) is 8.09. The third-order valence-electron chi connectivity index (χ3n) is 4.44. The molecule has 3 rings (SSSR count). The average Bonchev–Trinajstić information content (AvgIpc) is 2.56. The van der Waals surface area contributed by atoms with Crippen LogP contribution < -0.4 is 5.32 Å². The summed E-state index contributed by atoms with van der Waals surface area (Å²) in [5, 5.41) is 2.80. The predicted octanol–water partition coefficient (Wildman–Crippen LogP) is 4.62. The van der Waals surface area contributed by atoms with Gasteiger partial charge in [0.2, 0.25) is 5.91 Å². The fourth-order valence-corrected chi connectivity index (χ4v) is 3.05. The first-order valence-electron chi connectivity index (χ1n) is 8.09. The topological polar surface area (TPSA) is 29.1 Å². The molecule has 0 aromatic heterocycles. The maximum absolute atomic E-state index is 14.1. The van der Waals surface area contributed by atoms with E-state index in [0.29, 0.717) is 46.7 Å². The smallest absolute Gasteiger partial charge is 0.247 e. The quantitative estimate of drug-likeness (QED) is 0.791. The molecular formula is C20H18F3NO. The van der Waals surface area contributed by atoms with Crippen molar-refractivity contribution in [3.8, 4) is 11.1 Å². The van der Waals surface area contributed by atoms with Crippen molar-refractivity contribution >= 4 is 12.0 Å². The highest BCUT2D eigenvalue weighted by Crippen LogP contribution is 2.30. The lowest BCUT2D eigenvalue weighted by Gasteiger charge is -2.21. The molecule has 2 aromatic carbocycles. The second-order valence-electron chi connectivity index (χ2n) is 6.49. The molecule has 1 atom stereocenters. The number of nitrogens with one attached hydrogen (secondary N) is 1. The monoisotopic (exact) mass is 345 g/mol. The molecule has 0 bridgehead atoms. The van der Waals surface area contributed by atoms with Gasteiger partial charge < -0.3 is 5.32 Å². The van der Waals surface area contributed by atoms with Crippen LogP contribution >= 0.6 is 0 Å². The minimum absolute atomic E-state index is 0.156. The average molecular weight is 345 g/mol. The lowest BCUT2D eigenvalue weighted by molar-refractivity contribution is -0.118. The number of hydrogen-bond acceptors (Lipinski definition) is 1. The van der Waals surface area contributed by atoms with E-state index in [4.69, 9.17) is 0 Å². The lowest BCUT2D eigenvalue weighted by Crippen LogP contribution is -2.35. The Labute approximate surface area is 144 Å². The Hall–Kier alpha value is -2.56. The number of rotatable bonds is 2. The van der Waals surface area contributed by atoms with Crippen molar-refractivity contribution in [3.63, 3.8) is 0 Å². The van der Waals surface area contributed by atoms with E-state index in [1.807, 2.05) is 6.92 Å². The molecule has 1 fully saturated rings. The molecule has 0 aliphatic carbocycles. The van der Waals surface area contributed by atoms with Gasteiger partial charge in [-0.1, -0.05) is 13.0 Å². The van der Waals surface area contributed by atoms with Crippen LogP contribution in [0.1, 0.15) is 24.5 Å². The normalized spacial score (nSPS) is 19.2. The first-order chi connectivity index (χ1) is 11.8. The van der Waals surface area contributed by atoms with Crippen molar-refractivity contribution in [1.82, 2.24) is 5.32 Å². The van der Waals surface area contributed by atoms with Crippen LogP contribution in [0.4, 0.5) is 13.2 Å². The molecule has 0 radical (unpaired) electrons. The zero-order valence-electron chi connectivity index (χ0n) is 14.0. The minimum Gasteiger partial charge on any atom is -0.352 e. The Morgan fingerprint density at radius 1 is 1.12 bits per heavy atom. The molecule has 1 saturated heterocycles. The van der Waals surface area contributed by atoms with E-state index in [-0.39, 0.29) is 5.91 Å². The van der Waals surface area contributed by atoms with Gasteiger partial charge in [-0.25, -0.2) is 13.2 Å². The number of benzene rings is 2. The lowest BCUT2D eigenvalue weighted by atomic mass is 9.91. The predicted molar refractivity (Wildman–Crippen MR) is 91.3 cm³/mol. The zero-order chi connectivity index (χ0) is 18.1. The second kappa shape index (κ2) is 6.75. The van der Waals surface area contributed by atoms with Gasteiger partial charge in [-0.2, -0.15) is 0 Å².